The van der Waals surface area contributed by atoms with Gasteiger partial charge in [-0.2, -0.15) is 5.10 Å². The molecule has 88 valence electrons. The molecule has 2 rings (SSSR count). The number of aromatic nitrogens is 2. The highest BCUT2D eigenvalue weighted by Crippen LogP contribution is 2.31. The lowest BCUT2D eigenvalue weighted by Gasteiger charge is -2.41. The molecule has 1 aromatic rings. The second-order valence-electron chi connectivity index (χ2n) is 4.56. The minimum absolute atomic E-state index is 0.0595. The maximum Gasteiger partial charge on any atom is 0.255 e. The van der Waals surface area contributed by atoms with E-state index in [-0.39, 0.29) is 11.4 Å². The molecule has 0 radical (unpaired) electrons. The van der Waals surface area contributed by atoms with Crippen LogP contribution in [0.2, 0.25) is 0 Å². The Morgan fingerprint density at radius 1 is 1.69 bits per heavy atom. The third-order valence-electron chi connectivity index (χ3n) is 3.56. The number of hydrogen-bond donors (Lipinski definition) is 2. The Hall–Kier alpha value is -1.36. The van der Waals surface area contributed by atoms with Crippen LogP contribution in [0.5, 0.6) is 0 Å². The molecule has 0 spiro atoms. The molecule has 5 heteroatoms. The summed E-state index contributed by atoms with van der Waals surface area (Å²) in [6, 6.07) is 0. The second kappa shape index (κ2) is 3.90. The van der Waals surface area contributed by atoms with Gasteiger partial charge in [-0.15, -0.1) is 0 Å². The van der Waals surface area contributed by atoms with Crippen molar-refractivity contribution >= 4 is 5.91 Å². The fourth-order valence-electron chi connectivity index (χ4n) is 2.01. The molecule has 1 aliphatic rings. The maximum atomic E-state index is 12.0. The Morgan fingerprint density at radius 2 is 2.38 bits per heavy atom. The second-order valence-corrected chi connectivity index (χ2v) is 4.56. The Labute approximate surface area is 95.0 Å². The highest BCUT2D eigenvalue weighted by Gasteiger charge is 2.37. The van der Waals surface area contributed by atoms with Gasteiger partial charge >= 0.3 is 0 Å². The van der Waals surface area contributed by atoms with Crippen LogP contribution in [-0.2, 0) is 7.05 Å². The van der Waals surface area contributed by atoms with Crippen molar-refractivity contribution in [3.63, 3.8) is 0 Å². The summed E-state index contributed by atoms with van der Waals surface area (Å²) in [6.07, 6.45) is 4.71. The van der Waals surface area contributed by atoms with Gasteiger partial charge in [-0.25, -0.2) is 0 Å². The van der Waals surface area contributed by atoms with Crippen LogP contribution in [0, 0.1) is 6.92 Å². The normalized spacial score (nSPS) is 17.9. The summed E-state index contributed by atoms with van der Waals surface area (Å²) in [5.41, 5.74) is 7.06. The van der Waals surface area contributed by atoms with E-state index in [0.29, 0.717) is 12.1 Å². The summed E-state index contributed by atoms with van der Waals surface area (Å²) in [5, 5.41) is 7.09. The zero-order valence-electron chi connectivity index (χ0n) is 9.79. The highest BCUT2D eigenvalue weighted by molar-refractivity contribution is 5.95. The van der Waals surface area contributed by atoms with Crippen molar-refractivity contribution in [2.45, 2.75) is 31.7 Å². The molecule has 0 aliphatic heterocycles. The molecule has 1 aromatic heterocycles. The maximum absolute atomic E-state index is 12.0. The number of nitrogens with zero attached hydrogens (tertiary/aromatic N) is 2. The van der Waals surface area contributed by atoms with Crippen molar-refractivity contribution in [1.29, 1.82) is 0 Å². The van der Waals surface area contributed by atoms with Crippen LogP contribution in [0.1, 0.15) is 35.3 Å². The third kappa shape index (κ3) is 1.71. The van der Waals surface area contributed by atoms with Gasteiger partial charge in [0.2, 0.25) is 0 Å². The summed E-state index contributed by atoms with van der Waals surface area (Å²) in [7, 11) is 1.83. The Bertz CT molecular complexity index is 401. The number of hydrogen-bond acceptors (Lipinski definition) is 3. The van der Waals surface area contributed by atoms with Crippen LogP contribution >= 0.6 is 0 Å². The SMILES string of the molecule is Cc1c(C(=O)NC2(CN)CCC2)cnn1C. The smallest absolute Gasteiger partial charge is 0.255 e. The third-order valence-corrected chi connectivity index (χ3v) is 3.56. The fraction of sp³-hybridized carbons (Fsp3) is 0.636. The molecule has 0 aromatic carbocycles. The molecule has 1 fully saturated rings. The van der Waals surface area contributed by atoms with E-state index in [1.54, 1.807) is 10.9 Å². The van der Waals surface area contributed by atoms with Gasteiger partial charge in [-0.1, -0.05) is 0 Å². The first-order chi connectivity index (χ1) is 7.58. The predicted octanol–water partition coefficient (Wildman–Crippen LogP) is 0.340. The van der Waals surface area contributed by atoms with Gasteiger partial charge in [-0.05, 0) is 26.2 Å². The molecule has 0 unspecified atom stereocenters. The van der Waals surface area contributed by atoms with E-state index >= 15 is 0 Å². The standard InChI is InChI=1S/C11H18N4O/c1-8-9(6-13-15(8)2)10(16)14-11(7-12)4-3-5-11/h6H,3-5,7,12H2,1-2H3,(H,14,16). The molecule has 3 N–H and O–H groups in total. The number of nitrogens with two attached hydrogens (primary N) is 1. The molecule has 1 aliphatic carbocycles. The van der Waals surface area contributed by atoms with Crippen LogP contribution < -0.4 is 11.1 Å². The Morgan fingerprint density at radius 3 is 2.75 bits per heavy atom. The minimum Gasteiger partial charge on any atom is -0.345 e. The molecular formula is C11H18N4O. The van der Waals surface area contributed by atoms with E-state index in [9.17, 15) is 4.79 Å². The highest BCUT2D eigenvalue weighted by atomic mass is 16.1. The number of nitrogens with one attached hydrogen (secondary N) is 1. The van der Waals surface area contributed by atoms with Gasteiger partial charge < -0.3 is 11.1 Å². The summed E-state index contributed by atoms with van der Waals surface area (Å²) in [6.45, 7) is 2.40. The summed E-state index contributed by atoms with van der Waals surface area (Å²) < 4.78 is 1.70. The topological polar surface area (TPSA) is 72.9 Å². The predicted molar refractivity (Wildman–Crippen MR) is 61.0 cm³/mol. The molecule has 1 heterocycles. The molecule has 0 bridgehead atoms. The van der Waals surface area contributed by atoms with Crippen molar-refractivity contribution in [3.05, 3.63) is 17.5 Å². The number of aryl methyl sites for hydroxylation is 1. The summed E-state index contributed by atoms with van der Waals surface area (Å²) in [4.78, 5) is 12.0. The van der Waals surface area contributed by atoms with E-state index in [1.807, 2.05) is 14.0 Å². The van der Waals surface area contributed by atoms with Gasteiger partial charge in [-0.3, -0.25) is 9.48 Å². The van der Waals surface area contributed by atoms with Gasteiger partial charge in [0.1, 0.15) is 0 Å². The van der Waals surface area contributed by atoms with Crippen molar-refractivity contribution in [1.82, 2.24) is 15.1 Å². The fourth-order valence-corrected chi connectivity index (χ4v) is 2.01. The Balaban J connectivity index is 2.11. The van der Waals surface area contributed by atoms with E-state index < -0.39 is 0 Å². The lowest BCUT2D eigenvalue weighted by atomic mass is 9.76. The van der Waals surface area contributed by atoms with Crippen LogP contribution in [0.3, 0.4) is 0 Å². The van der Waals surface area contributed by atoms with Crippen LogP contribution in [0.4, 0.5) is 0 Å². The lowest BCUT2D eigenvalue weighted by Crippen LogP contribution is -2.58. The molecule has 1 saturated carbocycles. The van der Waals surface area contributed by atoms with Gasteiger partial charge in [0, 0.05) is 19.3 Å². The van der Waals surface area contributed by atoms with Gasteiger partial charge in [0.15, 0.2) is 0 Å². The quantitative estimate of drug-likeness (QED) is 0.774. The van der Waals surface area contributed by atoms with Crippen molar-refractivity contribution in [2.75, 3.05) is 6.54 Å². The number of carbonyl (C=O) groups is 1. The zero-order chi connectivity index (χ0) is 11.8. The number of carbonyl (C=O) groups excluding carboxylic acids is 1. The lowest BCUT2D eigenvalue weighted by molar-refractivity contribution is 0.0837. The summed E-state index contributed by atoms with van der Waals surface area (Å²) in [5.74, 6) is -0.0595. The van der Waals surface area contributed by atoms with Gasteiger partial charge in [0.25, 0.3) is 5.91 Å². The molecule has 5 nitrogen and oxygen atoms in total. The van der Waals surface area contributed by atoms with Crippen molar-refractivity contribution in [3.8, 4) is 0 Å². The number of rotatable bonds is 3. The largest absolute Gasteiger partial charge is 0.345 e. The molecule has 1 amide bonds. The number of amides is 1. The van der Waals surface area contributed by atoms with Crippen LogP contribution in [0.15, 0.2) is 6.20 Å². The van der Waals surface area contributed by atoms with E-state index in [1.165, 1.54) is 0 Å². The molecule has 0 atom stereocenters. The average Bonchev–Trinajstić information content (AvgIpc) is 2.54. The minimum atomic E-state index is -0.167. The Kier molecular flexibility index (Phi) is 2.71. The summed E-state index contributed by atoms with van der Waals surface area (Å²) >= 11 is 0. The van der Waals surface area contributed by atoms with E-state index in [2.05, 4.69) is 10.4 Å². The van der Waals surface area contributed by atoms with Crippen LogP contribution in [-0.4, -0.2) is 27.8 Å². The average molecular weight is 222 g/mol. The monoisotopic (exact) mass is 222 g/mol. The van der Waals surface area contributed by atoms with E-state index in [4.69, 9.17) is 5.73 Å². The molecule has 16 heavy (non-hydrogen) atoms. The van der Waals surface area contributed by atoms with Gasteiger partial charge in [0.05, 0.1) is 17.3 Å². The van der Waals surface area contributed by atoms with Crippen molar-refractivity contribution < 1.29 is 4.79 Å². The van der Waals surface area contributed by atoms with E-state index in [0.717, 1.165) is 25.0 Å². The first-order valence-corrected chi connectivity index (χ1v) is 5.59. The first kappa shape index (κ1) is 11.1. The zero-order valence-corrected chi connectivity index (χ0v) is 9.79. The van der Waals surface area contributed by atoms with Crippen molar-refractivity contribution in [2.24, 2.45) is 12.8 Å². The molecule has 0 saturated heterocycles. The first-order valence-electron chi connectivity index (χ1n) is 5.59. The molecular weight excluding hydrogens is 204 g/mol. The van der Waals surface area contributed by atoms with Crippen LogP contribution in [0.25, 0.3) is 0 Å².